The molecule has 0 saturated carbocycles. The van der Waals surface area contributed by atoms with Crippen LogP contribution in [0.25, 0.3) is 0 Å². The van der Waals surface area contributed by atoms with Crippen LogP contribution in [0, 0.1) is 5.92 Å². The monoisotopic (exact) mass is 307 g/mol. The fraction of sp³-hybridized carbons (Fsp3) is 0.529. The third-order valence-corrected chi connectivity index (χ3v) is 3.39. The fourth-order valence-corrected chi connectivity index (χ4v) is 1.97. The van der Waals surface area contributed by atoms with E-state index in [9.17, 15) is 9.59 Å². The Labute approximate surface area is 131 Å². The van der Waals surface area contributed by atoms with Crippen LogP contribution in [0.5, 0.6) is 5.75 Å². The maximum atomic E-state index is 11.7. The second kappa shape index (κ2) is 8.41. The van der Waals surface area contributed by atoms with Crippen LogP contribution >= 0.6 is 0 Å². The molecule has 0 bridgehead atoms. The van der Waals surface area contributed by atoms with Crippen LogP contribution in [0.15, 0.2) is 24.3 Å². The fourth-order valence-electron chi connectivity index (χ4n) is 1.97. The highest BCUT2D eigenvalue weighted by molar-refractivity contribution is 5.83. The molecule has 5 heteroatoms. The maximum Gasteiger partial charge on any atom is 0.326 e. The summed E-state index contributed by atoms with van der Waals surface area (Å²) in [6.07, 6.45) is 0.127. The average Bonchev–Trinajstić information content (AvgIpc) is 2.44. The first-order valence-corrected chi connectivity index (χ1v) is 7.56. The summed E-state index contributed by atoms with van der Waals surface area (Å²) in [7, 11) is 0. The molecule has 0 aliphatic rings. The Kier molecular flexibility index (Phi) is 6.89. The van der Waals surface area contributed by atoms with Crippen LogP contribution in [0.4, 0.5) is 0 Å². The van der Waals surface area contributed by atoms with Crippen molar-refractivity contribution in [2.75, 3.05) is 6.61 Å². The number of carboxylic acids is 1. The van der Waals surface area contributed by atoms with Crippen molar-refractivity contribution in [3.05, 3.63) is 29.8 Å². The Hall–Kier alpha value is -2.04. The molecular formula is C17H25NO4. The molecule has 0 radical (unpaired) electrons. The minimum atomic E-state index is -1.02. The number of aliphatic carboxylic acids is 1. The lowest BCUT2D eigenvalue weighted by Gasteiger charge is -2.17. The number of benzene rings is 1. The Balaban J connectivity index is 2.40. The van der Waals surface area contributed by atoms with Gasteiger partial charge in [0.1, 0.15) is 11.8 Å². The minimum Gasteiger partial charge on any atom is -0.493 e. The quantitative estimate of drug-likeness (QED) is 0.774. The Morgan fingerprint density at radius 3 is 2.18 bits per heavy atom. The summed E-state index contributed by atoms with van der Waals surface area (Å²) in [5.41, 5.74) is 1.23. The highest BCUT2D eigenvalue weighted by Gasteiger charge is 2.23. The molecule has 0 aliphatic carbocycles. The van der Waals surface area contributed by atoms with Crippen molar-refractivity contribution >= 4 is 11.9 Å². The van der Waals surface area contributed by atoms with Gasteiger partial charge in [-0.1, -0.05) is 39.8 Å². The van der Waals surface area contributed by atoms with Crippen molar-refractivity contribution in [3.63, 3.8) is 0 Å². The van der Waals surface area contributed by atoms with Crippen molar-refractivity contribution in [2.24, 2.45) is 5.92 Å². The molecule has 122 valence electrons. The van der Waals surface area contributed by atoms with E-state index in [0.717, 1.165) is 0 Å². The molecule has 0 fully saturated rings. The molecule has 1 aromatic carbocycles. The van der Waals surface area contributed by atoms with E-state index in [4.69, 9.17) is 9.84 Å². The van der Waals surface area contributed by atoms with Gasteiger partial charge in [0, 0.05) is 0 Å². The molecule has 1 unspecified atom stereocenters. The van der Waals surface area contributed by atoms with Gasteiger partial charge in [-0.25, -0.2) is 4.79 Å². The molecule has 0 saturated heterocycles. The normalized spacial score (nSPS) is 12.3. The number of carboxylic acid groups (broad SMARTS) is 1. The van der Waals surface area contributed by atoms with Gasteiger partial charge in [0.2, 0.25) is 5.91 Å². The van der Waals surface area contributed by atoms with E-state index in [1.54, 1.807) is 13.8 Å². The predicted molar refractivity (Wildman–Crippen MR) is 85.0 cm³/mol. The molecule has 1 amide bonds. The maximum absolute atomic E-state index is 11.7. The molecular weight excluding hydrogens is 282 g/mol. The number of rotatable bonds is 8. The van der Waals surface area contributed by atoms with Crippen LogP contribution in [0.2, 0.25) is 0 Å². The topological polar surface area (TPSA) is 75.6 Å². The molecule has 1 atom stereocenters. The van der Waals surface area contributed by atoms with Gasteiger partial charge in [-0.2, -0.15) is 0 Å². The summed E-state index contributed by atoms with van der Waals surface area (Å²) in [5, 5.41) is 11.5. The van der Waals surface area contributed by atoms with E-state index in [0.29, 0.717) is 11.7 Å². The number of nitrogens with one attached hydrogen (secondary N) is 1. The lowest BCUT2D eigenvalue weighted by Crippen LogP contribution is -2.44. The van der Waals surface area contributed by atoms with Crippen molar-refractivity contribution < 1.29 is 19.4 Å². The summed E-state index contributed by atoms with van der Waals surface area (Å²) in [4.78, 5) is 22.8. The van der Waals surface area contributed by atoms with Crippen LogP contribution < -0.4 is 10.1 Å². The van der Waals surface area contributed by atoms with Gasteiger partial charge >= 0.3 is 5.97 Å². The third kappa shape index (κ3) is 5.76. The summed E-state index contributed by atoms with van der Waals surface area (Å²) in [6, 6.07) is 6.89. The van der Waals surface area contributed by atoms with Gasteiger partial charge in [-0.3, -0.25) is 4.79 Å². The largest absolute Gasteiger partial charge is 0.493 e. The number of carbonyl (C=O) groups is 2. The van der Waals surface area contributed by atoms with E-state index >= 15 is 0 Å². The summed E-state index contributed by atoms with van der Waals surface area (Å²) < 4.78 is 5.51. The zero-order chi connectivity index (χ0) is 16.7. The first kappa shape index (κ1) is 18.0. The van der Waals surface area contributed by atoms with Crippen molar-refractivity contribution in [1.29, 1.82) is 0 Å². The first-order valence-electron chi connectivity index (χ1n) is 7.56. The summed E-state index contributed by atoms with van der Waals surface area (Å²) in [6.45, 7) is 7.97. The van der Waals surface area contributed by atoms with Crippen LogP contribution in [0.3, 0.4) is 0 Å². The molecule has 2 N–H and O–H groups in total. The van der Waals surface area contributed by atoms with Crippen LogP contribution in [-0.4, -0.2) is 29.6 Å². The highest BCUT2D eigenvalue weighted by Crippen LogP contribution is 2.18. The molecule has 22 heavy (non-hydrogen) atoms. The standard InChI is InChI=1S/C17H25NO4/c1-11(2)13-5-7-14(8-6-13)22-10-9-15(19)18-16(12(3)4)17(20)21/h5-8,11-12,16H,9-10H2,1-4H3,(H,18,19)(H,20,21). The number of ether oxygens (including phenoxy) is 1. The van der Waals surface area contributed by atoms with Crippen molar-refractivity contribution in [3.8, 4) is 5.75 Å². The van der Waals surface area contributed by atoms with Gasteiger partial charge in [0.25, 0.3) is 0 Å². The van der Waals surface area contributed by atoms with Gasteiger partial charge < -0.3 is 15.2 Å². The number of hydrogen-bond donors (Lipinski definition) is 2. The molecule has 0 aliphatic heterocycles. The number of hydrogen-bond acceptors (Lipinski definition) is 3. The molecule has 1 aromatic rings. The number of amides is 1. The smallest absolute Gasteiger partial charge is 0.326 e. The Morgan fingerprint density at radius 2 is 1.73 bits per heavy atom. The summed E-state index contributed by atoms with van der Waals surface area (Å²) >= 11 is 0. The highest BCUT2D eigenvalue weighted by atomic mass is 16.5. The second-order valence-electron chi connectivity index (χ2n) is 5.95. The number of carbonyl (C=O) groups excluding carboxylic acids is 1. The first-order chi connectivity index (χ1) is 10.3. The zero-order valence-corrected chi connectivity index (χ0v) is 13.6. The molecule has 0 spiro atoms. The van der Waals surface area contributed by atoms with E-state index in [1.807, 2.05) is 24.3 Å². The van der Waals surface area contributed by atoms with E-state index in [-0.39, 0.29) is 24.9 Å². The molecule has 1 rings (SSSR count). The molecule has 0 aromatic heterocycles. The van der Waals surface area contributed by atoms with Crippen LogP contribution in [0.1, 0.15) is 45.6 Å². The molecule has 5 nitrogen and oxygen atoms in total. The van der Waals surface area contributed by atoms with Crippen molar-refractivity contribution in [2.45, 2.75) is 46.1 Å². The second-order valence-corrected chi connectivity index (χ2v) is 5.95. The van der Waals surface area contributed by atoms with Crippen LogP contribution in [-0.2, 0) is 9.59 Å². The lowest BCUT2D eigenvalue weighted by atomic mass is 10.0. The lowest BCUT2D eigenvalue weighted by molar-refractivity contribution is -0.143. The predicted octanol–water partition coefficient (Wildman–Crippen LogP) is 2.80. The van der Waals surface area contributed by atoms with Gasteiger partial charge in [-0.15, -0.1) is 0 Å². The molecule has 0 heterocycles. The van der Waals surface area contributed by atoms with Gasteiger partial charge in [0.05, 0.1) is 13.0 Å². The van der Waals surface area contributed by atoms with E-state index in [2.05, 4.69) is 19.2 Å². The Bertz CT molecular complexity index is 494. The third-order valence-electron chi connectivity index (χ3n) is 3.39. The van der Waals surface area contributed by atoms with E-state index in [1.165, 1.54) is 5.56 Å². The van der Waals surface area contributed by atoms with E-state index < -0.39 is 12.0 Å². The minimum absolute atomic E-state index is 0.127. The SMILES string of the molecule is CC(C)c1ccc(OCCC(=O)NC(C(=O)O)C(C)C)cc1. The zero-order valence-electron chi connectivity index (χ0n) is 13.6. The van der Waals surface area contributed by atoms with Crippen molar-refractivity contribution in [1.82, 2.24) is 5.32 Å². The summed E-state index contributed by atoms with van der Waals surface area (Å²) in [5.74, 6) is -0.334. The van der Waals surface area contributed by atoms with Gasteiger partial charge in [-0.05, 0) is 29.5 Å². The Morgan fingerprint density at radius 1 is 1.14 bits per heavy atom. The van der Waals surface area contributed by atoms with Gasteiger partial charge in [0.15, 0.2) is 0 Å². The average molecular weight is 307 g/mol.